The summed E-state index contributed by atoms with van der Waals surface area (Å²) >= 11 is 0. The Bertz CT molecular complexity index is 1080. The Morgan fingerprint density at radius 3 is 2.55 bits per heavy atom. The van der Waals surface area contributed by atoms with Crippen molar-refractivity contribution in [2.45, 2.75) is 65.1 Å². The van der Waals surface area contributed by atoms with Crippen molar-refractivity contribution in [1.82, 2.24) is 9.88 Å². The van der Waals surface area contributed by atoms with Gasteiger partial charge in [-0.2, -0.15) is 0 Å². The molecular formula is C26H32FN3O3. The van der Waals surface area contributed by atoms with Crippen LogP contribution in [0.4, 0.5) is 10.1 Å². The first kappa shape index (κ1) is 24.5. The van der Waals surface area contributed by atoms with Gasteiger partial charge < -0.3 is 19.9 Å². The molecule has 6 nitrogen and oxygen atoms in total. The van der Waals surface area contributed by atoms with Gasteiger partial charge in [-0.25, -0.2) is 4.39 Å². The van der Waals surface area contributed by atoms with Crippen LogP contribution >= 0.6 is 0 Å². The molecule has 0 spiro atoms. The van der Waals surface area contributed by atoms with Crippen molar-refractivity contribution in [3.8, 4) is 12.3 Å². The summed E-state index contributed by atoms with van der Waals surface area (Å²) in [5.74, 6) is 1.11. The predicted octanol–water partition coefficient (Wildman–Crippen LogP) is 3.96. The molecule has 176 valence electrons. The number of carbonyl (C=O) groups is 2. The number of amides is 1. The molecule has 3 rings (SSSR count). The average Bonchev–Trinajstić information content (AvgIpc) is 3.01. The molecule has 0 radical (unpaired) electrons. The number of nitrogens with one attached hydrogen (secondary N) is 2. The number of rotatable bonds is 8. The lowest BCUT2D eigenvalue weighted by molar-refractivity contribution is -0.118. The third-order valence-corrected chi connectivity index (χ3v) is 6.54. The van der Waals surface area contributed by atoms with Crippen molar-refractivity contribution in [3.05, 3.63) is 52.1 Å². The van der Waals surface area contributed by atoms with E-state index in [9.17, 15) is 14.0 Å². The molecule has 0 unspecified atom stereocenters. The highest BCUT2D eigenvalue weighted by Gasteiger charge is 2.29. The quantitative estimate of drug-likeness (QED) is 0.361. The maximum Gasteiger partial charge on any atom is 0.294 e. The summed E-state index contributed by atoms with van der Waals surface area (Å²) < 4.78 is 20.9. The van der Waals surface area contributed by atoms with Crippen LogP contribution in [-0.2, 0) is 23.1 Å². The van der Waals surface area contributed by atoms with Crippen molar-refractivity contribution in [3.63, 3.8) is 0 Å². The summed E-state index contributed by atoms with van der Waals surface area (Å²) in [7, 11) is 1.79. The van der Waals surface area contributed by atoms with Gasteiger partial charge in [0.1, 0.15) is 12.4 Å². The van der Waals surface area contributed by atoms with Crippen molar-refractivity contribution in [2.24, 2.45) is 7.05 Å². The highest BCUT2D eigenvalue weighted by atomic mass is 19.1. The molecule has 2 N–H and O–H groups in total. The summed E-state index contributed by atoms with van der Waals surface area (Å²) in [6.07, 6.45) is 8.47. The number of nitrogens with zero attached hydrogens (tertiary/aromatic N) is 1. The molecule has 1 aromatic carbocycles. The summed E-state index contributed by atoms with van der Waals surface area (Å²) in [5, 5.41) is 6.19. The van der Waals surface area contributed by atoms with E-state index in [1.807, 2.05) is 13.8 Å². The van der Waals surface area contributed by atoms with Crippen molar-refractivity contribution in [1.29, 1.82) is 0 Å². The minimum absolute atomic E-state index is 0.0448. The van der Waals surface area contributed by atoms with Gasteiger partial charge in [0, 0.05) is 31.0 Å². The molecule has 1 amide bonds. The van der Waals surface area contributed by atoms with Crippen LogP contribution in [0.3, 0.4) is 0 Å². The third-order valence-electron chi connectivity index (χ3n) is 6.54. The molecule has 0 bridgehead atoms. The van der Waals surface area contributed by atoms with Gasteiger partial charge in [-0.15, -0.1) is 6.42 Å². The predicted molar refractivity (Wildman–Crippen MR) is 127 cm³/mol. The van der Waals surface area contributed by atoms with Crippen LogP contribution in [0.2, 0.25) is 0 Å². The highest BCUT2D eigenvalue weighted by Crippen LogP contribution is 2.25. The molecule has 1 aromatic heterocycles. The molecule has 1 aliphatic carbocycles. The van der Waals surface area contributed by atoms with Gasteiger partial charge in [0.25, 0.3) is 11.7 Å². The van der Waals surface area contributed by atoms with Crippen LogP contribution in [0, 0.1) is 38.9 Å². The molecule has 0 aliphatic heterocycles. The Morgan fingerprint density at radius 1 is 1.21 bits per heavy atom. The number of aromatic nitrogens is 1. The van der Waals surface area contributed by atoms with Gasteiger partial charge in [-0.05, 0) is 81.3 Å². The Labute approximate surface area is 194 Å². The molecular weight excluding hydrogens is 421 g/mol. The normalized spacial score (nSPS) is 17.9. The molecule has 1 aliphatic rings. The number of ether oxygens (including phenoxy) is 1. The van der Waals surface area contributed by atoms with E-state index < -0.39 is 11.7 Å². The first-order valence-corrected chi connectivity index (χ1v) is 11.3. The van der Waals surface area contributed by atoms with Crippen LogP contribution in [0.25, 0.3) is 0 Å². The first-order valence-electron chi connectivity index (χ1n) is 11.3. The van der Waals surface area contributed by atoms with Gasteiger partial charge in [-0.1, -0.05) is 5.92 Å². The van der Waals surface area contributed by atoms with E-state index in [-0.39, 0.29) is 18.0 Å². The summed E-state index contributed by atoms with van der Waals surface area (Å²) in [6, 6.07) is 4.81. The van der Waals surface area contributed by atoms with E-state index in [1.54, 1.807) is 30.7 Å². The van der Waals surface area contributed by atoms with Crippen LogP contribution in [0.15, 0.2) is 18.2 Å². The molecule has 33 heavy (non-hydrogen) atoms. The SMILES string of the molecule is C#CCO[C@H]1CC[C@@H](NC(=O)C(=O)c2c(C)c(CNc3ccc(F)c(C)c3)c(C)n2C)CC1. The van der Waals surface area contributed by atoms with E-state index in [0.717, 1.165) is 48.2 Å². The van der Waals surface area contributed by atoms with Gasteiger partial charge in [-0.3, -0.25) is 9.59 Å². The van der Waals surface area contributed by atoms with Crippen molar-refractivity contribution < 1.29 is 18.7 Å². The number of hydrogen-bond donors (Lipinski definition) is 2. The number of benzene rings is 1. The Balaban J connectivity index is 1.65. The lowest BCUT2D eigenvalue weighted by Gasteiger charge is -2.28. The second kappa shape index (κ2) is 10.7. The van der Waals surface area contributed by atoms with Crippen molar-refractivity contribution in [2.75, 3.05) is 11.9 Å². The second-order valence-corrected chi connectivity index (χ2v) is 8.71. The van der Waals surface area contributed by atoms with Crippen LogP contribution < -0.4 is 10.6 Å². The topological polar surface area (TPSA) is 72.4 Å². The molecule has 7 heteroatoms. The van der Waals surface area contributed by atoms with Crippen LogP contribution in [0.5, 0.6) is 0 Å². The van der Waals surface area contributed by atoms with Gasteiger partial charge >= 0.3 is 0 Å². The lowest BCUT2D eigenvalue weighted by atomic mass is 9.92. The number of terminal acetylenes is 1. The van der Waals surface area contributed by atoms with E-state index >= 15 is 0 Å². The number of anilines is 1. The minimum Gasteiger partial charge on any atom is -0.381 e. The third kappa shape index (κ3) is 5.63. The summed E-state index contributed by atoms with van der Waals surface area (Å²) in [5.41, 5.74) is 4.37. The van der Waals surface area contributed by atoms with E-state index in [0.29, 0.717) is 24.4 Å². The number of carbonyl (C=O) groups excluding carboxylic acids is 2. The first-order chi connectivity index (χ1) is 15.7. The maximum atomic E-state index is 13.5. The Morgan fingerprint density at radius 2 is 1.91 bits per heavy atom. The molecule has 0 saturated heterocycles. The monoisotopic (exact) mass is 453 g/mol. The number of hydrogen-bond acceptors (Lipinski definition) is 4. The largest absolute Gasteiger partial charge is 0.381 e. The zero-order valence-corrected chi connectivity index (χ0v) is 19.8. The van der Waals surface area contributed by atoms with E-state index in [4.69, 9.17) is 11.2 Å². The summed E-state index contributed by atoms with van der Waals surface area (Å²) in [6.45, 7) is 6.25. The van der Waals surface area contributed by atoms with E-state index in [2.05, 4.69) is 16.6 Å². The Hall–Kier alpha value is -3.11. The maximum absolute atomic E-state index is 13.5. The van der Waals surface area contributed by atoms with Crippen molar-refractivity contribution >= 4 is 17.4 Å². The molecule has 2 aromatic rings. The number of aryl methyl sites for hydroxylation is 1. The van der Waals surface area contributed by atoms with Gasteiger partial charge in [0.05, 0.1) is 11.8 Å². The fourth-order valence-electron chi connectivity index (χ4n) is 4.46. The summed E-state index contributed by atoms with van der Waals surface area (Å²) in [4.78, 5) is 25.8. The van der Waals surface area contributed by atoms with Crippen LogP contribution in [0.1, 0.15) is 58.6 Å². The standard InChI is InChI=1S/C26H32FN3O3/c1-6-13-33-21-10-7-19(8-11-21)29-26(32)25(31)24-17(3)22(18(4)30(24)5)15-28-20-9-12-23(27)16(2)14-20/h1,9,12,14,19,21,28H,7-8,10-11,13,15H2,2-5H3,(H,29,32)/t19-,21+. The molecule has 1 fully saturated rings. The van der Waals surface area contributed by atoms with Gasteiger partial charge in [0.2, 0.25) is 0 Å². The zero-order valence-electron chi connectivity index (χ0n) is 19.8. The molecule has 0 atom stereocenters. The second-order valence-electron chi connectivity index (χ2n) is 8.71. The molecule has 1 saturated carbocycles. The van der Waals surface area contributed by atoms with Crippen LogP contribution in [-0.4, -0.2) is 35.0 Å². The van der Waals surface area contributed by atoms with E-state index in [1.165, 1.54) is 6.07 Å². The van der Waals surface area contributed by atoms with Gasteiger partial charge in [0.15, 0.2) is 0 Å². The Kier molecular flexibility index (Phi) is 7.93. The smallest absolute Gasteiger partial charge is 0.294 e. The fraction of sp³-hybridized carbons (Fsp3) is 0.462. The lowest BCUT2D eigenvalue weighted by Crippen LogP contribution is -2.42. The molecule has 1 heterocycles. The highest BCUT2D eigenvalue weighted by molar-refractivity contribution is 6.42. The average molecular weight is 454 g/mol. The zero-order chi connectivity index (χ0) is 24.1. The fourth-order valence-corrected chi connectivity index (χ4v) is 4.46. The number of Topliss-reactive ketones (excluding diaryl/α,β-unsaturated/α-hetero) is 1. The number of halogens is 1. The minimum atomic E-state index is -0.583. The number of ketones is 1.